The molecule has 4 N–H and O–H groups in total. The third-order valence-corrected chi connectivity index (χ3v) is 0.688. The van der Waals surface area contributed by atoms with Gasteiger partial charge in [-0.25, -0.2) is 4.98 Å². The minimum absolute atomic E-state index is 0.572. The van der Waals surface area contributed by atoms with E-state index in [0.717, 1.165) is 0 Å². The van der Waals surface area contributed by atoms with Crippen molar-refractivity contribution >= 4 is 26.1 Å². The van der Waals surface area contributed by atoms with E-state index in [2.05, 4.69) is 4.98 Å². The summed E-state index contributed by atoms with van der Waals surface area (Å²) in [5.74, 6) is 0.572. The predicted octanol–water partition coefficient (Wildman–Crippen LogP) is -0.328. The number of nitrogens with two attached hydrogens (primary N) is 1. The van der Waals surface area contributed by atoms with Crippen molar-refractivity contribution in [1.82, 2.24) is 4.98 Å². The number of nitrogens with zero attached hydrogens (tertiary/aromatic N) is 1. The molecule has 0 aliphatic carbocycles. The SMILES string of the molecule is CS(=O)(=O)O.CS(=O)(=O)O.Nc1ccccn1. The number of aromatic nitrogens is 1. The molecule has 100 valence electrons. The maximum Gasteiger partial charge on any atom is 0.261 e. The standard InChI is InChI=1S/C5H6N2.2CH4O3S/c6-5-3-1-2-4-7-5;2*1-5(2,3)4/h1-4H,(H2,6,7);2*1H3,(H,2,3,4). The van der Waals surface area contributed by atoms with Crippen LogP contribution in [0.15, 0.2) is 24.4 Å². The molecule has 0 aliphatic rings. The molecular weight excluding hydrogens is 272 g/mol. The molecule has 0 amide bonds. The fourth-order valence-corrected chi connectivity index (χ4v) is 0.376. The summed E-state index contributed by atoms with van der Waals surface area (Å²) in [6, 6.07) is 5.43. The molecule has 1 aromatic heterocycles. The molecule has 0 saturated carbocycles. The smallest absolute Gasteiger partial charge is 0.261 e. The maximum absolute atomic E-state index is 9.19. The van der Waals surface area contributed by atoms with Crippen molar-refractivity contribution in [2.45, 2.75) is 0 Å². The van der Waals surface area contributed by atoms with E-state index >= 15 is 0 Å². The van der Waals surface area contributed by atoms with Crippen molar-refractivity contribution in [2.24, 2.45) is 0 Å². The molecule has 0 fully saturated rings. The quantitative estimate of drug-likeness (QED) is 0.549. The van der Waals surface area contributed by atoms with Crippen LogP contribution < -0.4 is 5.73 Å². The van der Waals surface area contributed by atoms with Gasteiger partial charge < -0.3 is 5.73 Å². The molecule has 1 rings (SSSR count). The number of anilines is 1. The first-order valence-electron chi connectivity index (χ1n) is 3.91. The summed E-state index contributed by atoms with van der Waals surface area (Å²) < 4.78 is 51.7. The van der Waals surface area contributed by atoms with Gasteiger partial charge in [0.05, 0.1) is 12.5 Å². The molecule has 8 nitrogen and oxygen atoms in total. The Morgan fingerprint density at radius 2 is 1.41 bits per heavy atom. The minimum atomic E-state index is -3.67. The maximum atomic E-state index is 9.19. The average molecular weight is 286 g/mol. The van der Waals surface area contributed by atoms with Gasteiger partial charge in [-0.3, -0.25) is 9.11 Å². The summed E-state index contributed by atoms with van der Waals surface area (Å²) in [5, 5.41) is 0. The van der Waals surface area contributed by atoms with Gasteiger partial charge in [0.2, 0.25) is 0 Å². The lowest BCUT2D eigenvalue weighted by Gasteiger charge is -1.82. The normalized spacial score (nSPS) is 10.4. The zero-order valence-corrected chi connectivity index (χ0v) is 10.8. The van der Waals surface area contributed by atoms with E-state index in [-0.39, 0.29) is 0 Å². The Labute approximate surface area is 100.0 Å². The summed E-state index contributed by atoms with van der Waals surface area (Å²) >= 11 is 0. The summed E-state index contributed by atoms with van der Waals surface area (Å²) in [6.45, 7) is 0. The van der Waals surface area contributed by atoms with E-state index in [1.54, 1.807) is 12.3 Å². The molecule has 0 unspecified atom stereocenters. The Morgan fingerprint density at radius 1 is 1.06 bits per heavy atom. The van der Waals surface area contributed by atoms with Crippen LogP contribution in [0.4, 0.5) is 5.82 Å². The molecule has 10 heteroatoms. The van der Waals surface area contributed by atoms with Crippen LogP contribution in [0.3, 0.4) is 0 Å². The van der Waals surface area contributed by atoms with Gasteiger partial charge in [0.25, 0.3) is 20.2 Å². The van der Waals surface area contributed by atoms with Gasteiger partial charge in [-0.1, -0.05) is 6.07 Å². The Balaban J connectivity index is 0. The van der Waals surface area contributed by atoms with Gasteiger partial charge in [0, 0.05) is 6.20 Å². The molecule has 0 aliphatic heterocycles. The molecular formula is C7H14N2O6S2. The zero-order valence-electron chi connectivity index (χ0n) is 9.18. The van der Waals surface area contributed by atoms with E-state index in [1.165, 1.54) is 0 Å². The minimum Gasteiger partial charge on any atom is -0.384 e. The lowest BCUT2D eigenvalue weighted by molar-refractivity contribution is 0.488. The summed E-state index contributed by atoms with van der Waals surface area (Å²) in [4.78, 5) is 3.76. The first-order valence-corrected chi connectivity index (χ1v) is 7.60. The Kier molecular flexibility index (Phi) is 8.48. The zero-order chi connectivity index (χ0) is 14.1. The van der Waals surface area contributed by atoms with Crippen molar-refractivity contribution in [3.63, 3.8) is 0 Å². The first-order chi connectivity index (χ1) is 7.39. The first kappa shape index (κ1) is 18.1. The van der Waals surface area contributed by atoms with E-state index in [4.69, 9.17) is 14.8 Å². The molecule has 1 aromatic rings. The second kappa shape index (κ2) is 7.95. The molecule has 0 radical (unpaired) electrons. The van der Waals surface area contributed by atoms with Crippen LogP contribution in [0.1, 0.15) is 0 Å². The monoisotopic (exact) mass is 286 g/mol. The highest BCUT2D eigenvalue weighted by Crippen LogP contribution is 1.89. The number of rotatable bonds is 0. The van der Waals surface area contributed by atoms with Gasteiger partial charge in [-0.05, 0) is 12.1 Å². The fourth-order valence-electron chi connectivity index (χ4n) is 0.376. The van der Waals surface area contributed by atoms with E-state index in [9.17, 15) is 16.8 Å². The second-order valence-corrected chi connectivity index (χ2v) is 5.65. The lowest BCUT2D eigenvalue weighted by atomic mass is 10.5. The van der Waals surface area contributed by atoms with Gasteiger partial charge in [0.1, 0.15) is 5.82 Å². The highest BCUT2D eigenvalue weighted by Gasteiger charge is 1.82. The third-order valence-electron chi connectivity index (χ3n) is 0.688. The highest BCUT2D eigenvalue weighted by molar-refractivity contribution is 7.85. The van der Waals surface area contributed by atoms with E-state index in [1.807, 2.05) is 12.1 Å². The van der Waals surface area contributed by atoms with Gasteiger partial charge >= 0.3 is 0 Å². The summed E-state index contributed by atoms with van der Waals surface area (Å²) in [5.41, 5.74) is 5.25. The molecule has 0 aromatic carbocycles. The Hall–Kier alpha value is -1.23. The van der Waals surface area contributed by atoms with Crippen LogP contribution in [-0.4, -0.2) is 43.4 Å². The van der Waals surface area contributed by atoms with Crippen LogP contribution in [0, 0.1) is 0 Å². The Bertz CT molecular complexity index is 450. The predicted molar refractivity (Wildman–Crippen MR) is 63.6 cm³/mol. The average Bonchev–Trinajstić information content (AvgIpc) is 1.98. The third kappa shape index (κ3) is 52.6. The van der Waals surface area contributed by atoms with Crippen LogP contribution >= 0.6 is 0 Å². The molecule has 1 heterocycles. The van der Waals surface area contributed by atoms with Crippen LogP contribution in [-0.2, 0) is 20.2 Å². The van der Waals surface area contributed by atoms with Crippen molar-refractivity contribution in [2.75, 3.05) is 18.2 Å². The van der Waals surface area contributed by atoms with Crippen molar-refractivity contribution < 1.29 is 25.9 Å². The number of hydrogen-bond donors (Lipinski definition) is 3. The summed E-state index contributed by atoms with van der Waals surface area (Å²) in [7, 11) is -7.33. The van der Waals surface area contributed by atoms with Crippen molar-refractivity contribution in [1.29, 1.82) is 0 Å². The molecule has 17 heavy (non-hydrogen) atoms. The largest absolute Gasteiger partial charge is 0.384 e. The van der Waals surface area contributed by atoms with Crippen LogP contribution in [0.25, 0.3) is 0 Å². The molecule has 0 saturated heterocycles. The highest BCUT2D eigenvalue weighted by atomic mass is 32.2. The number of hydrogen-bond acceptors (Lipinski definition) is 6. The van der Waals surface area contributed by atoms with Crippen molar-refractivity contribution in [3.8, 4) is 0 Å². The Morgan fingerprint density at radius 3 is 1.53 bits per heavy atom. The fraction of sp³-hybridized carbons (Fsp3) is 0.286. The molecule has 0 bridgehead atoms. The van der Waals surface area contributed by atoms with Crippen molar-refractivity contribution in [3.05, 3.63) is 24.4 Å². The van der Waals surface area contributed by atoms with Crippen LogP contribution in [0.2, 0.25) is 0 Å². The van der Waals surface area contributed by atoms with Gasteiger partial charge in [0.15, 0.2) is 0 Å². The second-order valence-electron chi connectivity index (χ2n) is 2.72. The molecule has 0 spiro atoms. The van der Waals surface area contributed by atoms with E-state index in [0.29, 0.717) is 18.3 Å². The van der Waals surface area contributed by atoms with E-state index < -0.39 is 20.2 Å². The van der Waals surface area contributed by atoms with Crippen LogP contribution in [0.5, 0.6) is 0 Å². The lowest BCUT2D eigenvalue weighted by Crippen LogP contribution is -1.88. The molecule has 0 atom stereocenters. The topological polar surface area (TPSA) is 148 Å². The van der Waals surface area contributed by atoms with Gasteiger partial charge in [-0.2, -0.15) is 16.8 Å². The summed E-state index contributed by atoms with van der Waals surface area (Å²) in [6.07, 6.45) is 3.09. The number of nitrogen functional groups attached to an aromatic ring is 1. The number of pyridine rings is 1. The van der Waals surface area contributed by atoms with Gasteiger partial charge in [-0.15, -0.1) is 0 Å².